The van der Waals surface area contributed by atoms with Crippen LogP contribution in [-0.4, -0.2) is 53.2 Å². The van der Waals surface area contributed by atoms with Crippen molar-refractivity contribution in [3.05, 3.63) is 0 Å². The third kappa shape index (κ3) is 2.69. The maximum atomic E-state index is 2.68. The van der Waals surface area contributed by atoms with Gasteiger partial charge in [-0.25, -0.2) is 0 Å². The lowest BCUT2D eigenvalue weighted by Gasteiger charge is -2.45. The summed E-state index contributed by atoms with van der Waals surface area (Å²) in [5, 5.41) is 0. The molecule has 14 heavy (non-hydrogen) atoms. The fourth-order valence-corrected chi connectivity index (χ4v) is 13.5. The third-order valence-electron chi connectivity index (χ3n) is 3.87. The maximum absolute atomic E-state index is 2.68. The zero-order valence-corrected chi connectivity index (χ0v) is 12.9. The quantitative estimate of drug-likeness (QED) is 0.670. The van der Waals surface area contributed by atoms with Crippen LogP contribution in [0.5, 0.6) is 0 Å². The second-order valence-electron chi connectivity index (χ2n) is 5.30. The smallest absolute Gasteiger partial charge is 0.108 e. The lowest BCUT2D eigenvalue weighted by molar-refractivity contribution is 0.407. The van der Waals surface area contributed by atoms with Crippen molar-refractivity contribution >= 4 is 17.9 Å². The summed E-state index contributed by atoms with van der Waals surface area (Å²) < 4.78 is 5.36. The number of nitrogens with zero attached hydrogens (tertiary/aromatic N) is 2. The average Bonchev–Trinajstić information content (AvgIpc) is 2.00. The molecule has 4 heteroatoms. The highest BCUT2D eigenvalue weighted by Gasteiger charge is 2.38. The Balaban J connectivity index is 2.29. The Morgan fingerprint density at radius 2 is 1.07 bits per heavy atom. The Morgan fingerprint density at radius 1 is 0.786 bits per heavy atom. The number of hydrogen-bond donors (Lipinski definition) is 0. The van der Waals surface area contributed by atoms with Crippen LogP contribution in [0.25, 0.3) is 0 Å². The average molecular weight is 231 g/mol. The first-order valence-electron chi connectivity index (χ1n) is 5.87. The van der Waals surface area contributed by atoms with Crippen LogP contribution in [0.15, 0.2) is 0 Å². The van der Waals surface area contributed by atoms with E-state index in [0.717, 1.165) is 12.1 Å². The SMILES string of the molecule is CC(C)N(C)[SiH]1C[SiH](N(C)C(C)C)C1. The summed E-state index contributed by atoms with van der Waals surface area (Å²) in [4.78, 5) is 0. The summed E-state index contributed by atoms with van der Waals surface area (Å²) in [6.45, 7) is 9.31. The van der Waals surface area contributed by atoms with Gasteiger partial charge >= 0.3 is 0 Å². The minimum atomic E-state index is -0.455. The Morgan fingerprint density at radius 3 is 1.29 bits per heavy atom. The molecule has 0 amide bonds. The van der Waals surface area contributed by atoms with Gasteiger partial charge < -0.3 is 9.13 Å². The monoisotopic (exact) mass is 230 g/mol. The van der Waals surface area contributed by atoms with Gasteiger partial charge in [0.2, 0.25) is 0 Å². The van der Waals surface area contributed by atoms with Gasteiger partial charge in [-0.15, -0.1) is 0 Å². The number of hydrogen-bond acceptors (Lipinski definition) is 2. The molecule has 0 unspecified atom stereocenters. The molecule has 1 rings (SSSR count). The van der Waals surface area contributed by atoms with Gasteiger partial charge in [0, 0.05) is 0 Å². The second kappa shape index (κ2) is 4.92. The van der Waals surface area contributed by atoms with Crippen molar-refractivity contribution in [3.63, 3.8) is 0 Å². The van der Waals surface area contributed by atoms with E-state index in [2.05, 4.69) is 50.9 Å². The van der Waals surface area contributed by atoms with Crippen LogP contribution >= 0.6 is 0 Å². The molecular weight excluding hydrogens is 204 g/mol. The van der Waals surface area contributed by atoms with Crippen molar-refractivity contribution in [2.45, 2.75) is 51.1 Å². The first kappa shape index (κ1) is 12.4. The van der Waals surface area contributed by atoms with E-state index in [0.29, 0.717) is 0 Å². The lowest BCUT2D eigenvalue weighted by Crippen LogP contribution is -2.60. The predicted octanol–water partition coefficient (Wildman–Crippen LogP) is 1.21. The zero-order chi connectivity index (χ0) is 10.9. The molecule has 0 radical (unpaired) electrons. The van der Waals surface area contributed by atoms with E-state index in [-0.39, 0.29) is 0 Å². The molecule has 0 aromatic heterocycles. The minimum Gasteiger partial charge on any atom is -0.327 e. The highest BCUT2D eigenvalue weighted by Crippen LogP contribution is 2.26. The zero-order valence-electron chi connectivity index (χ0n) is 10.6. The summed E-state index contributed by atoms with van der Waals surface area (Å²) >= 11 is 0. The molecule has 0 spiro atoms. The van der Waals surface area contributed by atoms with Gasteiger partial charge in [0.05, 0.1) is 0 Å². The van der Waals surface area contributed by atoms with E-state index in [1.807, 2.05) is 0 Å². The van der Waals surface area contributed by atoms with E-state index >= 15 is 0 Å². The summed E-state index contributed by atoms with van der Waals surface area (Å²) in [5.41, 5.74) is 3.26. The van der Waals surface area contributed by atoms with Gasteiger partial charge in [0.1, 0.15) is 17.9 Å². The molecule has 0 N–H and O–H groups in total. The van der Waals surface area contributed by atoms with Crippen LogP contribution in [0.4, 0.5) is 0 Å². The molecule has 1 saturated heterocycles. The molecule has 1 aliphatic heterocycles. The van der Waals surface area contributed by atoms with Crippen molar-refractivity contribution in [3.8, 4) is 0 Å². The molecule has 1 aliphatic rings. The maximum Gasteiger partial charge on any atom is 0.108 e. The highest BCUT2D eigenvalue weighted by molar-refractivity contribution is 6.92. The molecule has 0 saturated carbocycles. The van der Waals surface area contributed by atoms with Crippen molar-refractivity contribution in [1.29, 1.82) is 0 Å². The van der Waals surface area contributed by atoms with E-state index in [1.165, 1.54) is 0 Å². The third-order valence-corrected chi connectivity index (χ3v) is 16.1. The minimum absolute atomic E-state index is 0.455. The van der Waals surface area contributed by atoms with E-state index < -0.39 is 17.9 Å². The normalized spacial score (nSPS) is 27.9. The van der Waals surface area contributed by atoms with Crippen LogP contribution in [0.2, 0.25) is 11.3 Å². The molecule has 0 bridgehead atoms. The molecular formula is C10H26N2Si2. The molecule has 0 aliphatic carbocycles. The largest absolute Gasteiger partial charge is 0.327 e. The van der Waals surface area contributed by atoms with Gasteiger partial charge in [-0.3, -0.25) is 0 Å². The van der Waals surface area contributed by atoms with E-state index in [1.54, 1.807) is 11.3 Å². The highest BCUT2D eigenvalue weighted by atomic mass is 28.4. The standard InChI is InChI=1S/C10H26N2Si2/c1-9(2)11(5)13-7-14(8-13)12(6)10(3)4/h9-10,13-14H,7-8H2,1-6H3. The van der Waals surface area contributed by atoms with Gasteiger partial charge in [0.15, 0.2) is 0 Å². The van der Waals surface area contributed by atoms with Crippen molar-refractivity contribution in [1.82, 2.24) is 9.13 Å². The van der Waals surface area contributed by atoms with Gasteiger partial charge in [0.25, 0.3) is 0 Å². The van der Waals surface area contributed by atoms with Gasteiger partial charge in [-0.1, -0.05) is 27.7 Å². The van der Waals surface area contributed by atoms with Crippen molar-refractivity contribution < 1.29 is 0 Å². The molecule has 0 atom stereocenters. The lowest BCUT2D eigenvalue weighted by atomic mass is 10.4. The number of rotatable bonds is 4. The molecule has 1 fully saturated rings. The van der Waals surface area contributed by atoms with Crippen LogP contribution in [0.3, 0.4) is 0 Å². The van der Waals surface area contributed by atoms with Crippen LogP contribution in [-0.2, 0) is 0 Å². The first-order chi connectivity index (χ1) is 6.43. The Kier molecular flexibility index (Phi) is 4.37. The van der Waals surface area contributed by atoms with Crippen LogP contribution in [0.1, 0.15) is 27.7 Å². The molecule has 1 heterocycles. The fourth-order valence-electron chi connectivity index (χ4n) is 2.07. The molecule has 2 nitrogen and oxygen atoms in total. The summed E-state index contributed by atoms with van der Waals surface area (Å²) in [7, 11) is 3.76. The molecule has 0 aromatic carbocycles. The Bertz CT molecular complexity index is 161. The Hall–Kier alpha value is 0.354. The van der Waals surface area contributed by atoms with Gasteiger partial charge in [-0.05, 0) is 37.5 Å². The predicted molar refractivity (Wildman–Crippen MR) is 69.7 cm³/mol. The topological polar surface area (TPSA) is 6.48 Å². The van der Waals surface area contributed by atoms with E-state index in [4.69, 9.17) is 0 Å². The van der Waals surface area contributed by atoms with Crippen LogP contribution in [0, 0.1) is 0 Å². The molecule has 0 aromatic rings. The first-order valence-corrected chi connectivity index (χ1v) is 10.2. The van der Waals surface area contributed by atoms with Crippen LogP contribution < -0.4 is 0 Å². The second-order valence-corrected chi connectivity index (χ2v) is 13.3. The summed E-state index contributed by atoms with van der Waals surface area (Å²) in [6.07, 6.45) is 0. The van der Waals surface area contributed by atoms with Crippen molar-refractivity contribution in [2.24, 2.45) is 0 Å². The van der Waals surface area contributed by atoms with Crippen molar-refractivity contribution in [2.75, 3.05) is 14.1 Å². The summed E-state index contributed by atoms with van der Waals surface area (Å²) in [5.74, 6) is 0. The van der Waals surface area contributed by atoms with E-state index in [9.17, 15) is 0 Å². The Labute approximate surface area is 92.7 Å². The van der Waals surface area contributed by atoms with Gasteiger partial charge in [-0.2, -0.15) is 0 Å². The summed E-state index contributed by atoms with van der Waals surface area (Å²) in [6, 6.07) is 1.54. The fraction of sp³-hybridized carbons (Fsp3) is 1.00. The molecule has 84 valence electrons.